The molecule has 2 saturated heterocycles. The normalized spacial score (nSPS) is 24.8. The van der Waals surface area contributed by atoms with Crippen molar-refractivity contribution in [3.05, 3.63) is 52.6 Å². The van der Waals surface area contributed by atoms with E-state index in [1.165, 1.54) is 5.56 Å². The number of nitrogens with zero attached hydrogens (tertiary/aromatic N) is 4. The second kappa shape index (κ2) is 9.59. The van der Waals surface area contributed by atoms with Crippen LogP contribution in [0.1, 0.15) is 5.56 Å². The third kappa shape index (κ3) is 4.95. The molecule has 2 aromatic rings. The predicted octanol–water partition coefficient (Wildman–Crippen LogP) is -0.825. The summed E-state index contributed by atoms with van der Waals surface area (Å²) in [6.07, 6.45) is 3.09. The fraction of sp³-hybridized carbons (Fsp3) is 0.500. The average molecular weight is 426 g/mol. The lowest BCUT2D eigenvalue weighted by Crippen LogP contribution is -2.44. The highest BCUT2D eigenvalue weighted by Gasteiger charge is 2.53. The van der Waals surface area contributed by atoms with Crippen molar-refractivity contribution in [1.29, 1.82) is 0 Å². The highest BCUT2D eigenvalue weighted by atomic mass is 16.1. The van der Waals surface area contributed by atoms with Gasteiger partial charge in [-0.05, 0) is 42.0 Å². The number of benzene rings is 1. The Balaban J connectivity index is 0.000000730. The van der Waals surface area contributed by atoms with E-state index in [9.17, 15) is 4.79 Å². The van der Waals surface area contributed by atoms with Gasteiger partial charge in [0.1, 0.15) is 5.82 Å². The molecule has 0 spiro atoms. The number of carbonyl (C=O) groups is 1. The summed E-state index contributed by atoms with van der Waals surface area (Å²) >= 11 is 0. The molecule has 3 aliphatic rings. The third-order valence-electron chi connectivity index (χ3n) is 6.47. The van der Waals surface area contributed by atoms with Crippen molar-refractivity contribution in [1.82, 2.24) is 19.8 Å². The molecule has 1 aliphatic carbocycles. The Morgan fingerprint density at radius 2 is 1.87 bits per heavy atom. The standard InChI is InChI=1S/C21H28N6O.CH3NO/c22-20-17-13-25(14-18(17)20)8-4-15-2-1-3-16(12-15)27-9-5-19(24-21(27)28)26-10-6-23-7-11-26;2-1-3/h1-3,5,9,12,17-18,20,23H,4,6-8,10-11,13-14,22H2;1H,(H2,2,3). The number of primary amides is 1. The Morgan fingerprint density at radius 3 is 2.55 bits per heavy atom. The first-order valence-electron chi connectivity index (χ1n) is 10.9. The molecule has 1 saturated carbocycles. The van der Waals surface area contributed by atoms with Crippen LogP contribution in [0, 0.1) is 11.8 Å². The van der Waals surface area contributed by atoms with Gasteiger partial charge in [-0.1, -0.05) is 12.1 Å². The molecule has 9 nitrogen and oxygen atoms in total. The molecule has 1 aromatic carbocycles. The van der Waals surface area contributed by atoms with Crippen LogP contribution in [0.3, 0.4) is 0 Å². The van der Waals surface area contributed by atoms with Gasteiger partial charge < -0.3 is 26.6 Å². The number of piperidine rings is 1. The van der Waals surface area contributed by atoms with Crippen molar-refractivity contribution in [2.24, 2.45) is 23.3 Å². The summed E-state index contributed by atoms with van der Waals surface area (Å²) in [7, 11) is 0. The first-order valence-corrected chi connectivity index (χ1v) is 10.9. The highest BCUT2D eigenvalue weighted by Crippen LogP contribution is 2.43. The zero-order chi connectivity index (χ0) is 21.8. The van der Waals surface area contributed by atoms with Crippen LogP contribution in [0.2, 0.25) is 0 Å². The van der Waals surface area contributed by atoms with E-state index in [0.717, 1.165) is 75.6 Å². The van der Waals surface area contributed by atoms with Crippen molar-refractivity contribution in [3.8, 4) is 5.69 Å². The van der Waals surface area contributed by atoms with Crippen LogP contribution in [0.5, 0.6) is 0 Å². The van der Waals surface area contributed by atoms with Crippen LogP contribution >= 0.6 is 0 Å². The van der Waals surface area contributed by atoms with Crippen molar-refractivity contribution in [2.75, 3.05) is 50.7 Å². The van der Waals surface area contributed by atoms with Crippen molar-refractivity contribution >= 4 is 12.2 Å². The summed E-state index contributed by atoms with van der Waals surface area (Å²) in [5, 5.41) is 3.32. The number of piperazine rings is 1. The van der Waals surface area contributed by atoms with Crippen LogP contribution in [-0.4, -0.2) is 72.7 Å². The summed E-state index contributed by atoms with van der Waals surface area (Å²) in [6, 6.07) is 10.6. The SMILES string of the molecule is NC1C2CN(CCc3cccc(-n4ccc(N5CCNCC5)nc4=O)c3)CC12.NC=O. The molecule has 0 radical (unpaired) electrons. The van der Waals surface area contributed by atoms with Crippen LogP contribution in [0.15, 0.2) is 41.3 Å². The van der Waals surface area contributed by atoms with Gasteiger partial charge >= 0.3 is 5.69 Å². The molecule has 2 atom stereocenters. The van der Waals surface area contributed by atoms with Crippen LogP contribution in [0.25, 0.3) is 5.69 Å². The lowest BCUT2D eigenvalue weighted by molar-refractivity contribution is -0.106. The van der Waals surface area contributed by atoms with E-state index in [-0.39, 0.29) is 12.1 Å². The van der Waals surface area contributed by atoms with E-state index in [2.05, 4.69) is 38.0 Å². The maximum absolute atomic E-state index is 12.6. The number of rotatable bonds is 5. The Morgan fingerprint density at radius 1 is 1.16 bits per heavy atom. The number of fused-ring (bicyclic) bond motifs is 1. The Kier molecular flexibility index (Phi) is 6.64. The number of anilines is 1. The number of hydrogen-bond donors (Lipinski definition) is 3. The van der Waals surface area contributed by atoms with Crippen molar-refractivity contribution in [2.45, 2.75) is 12.5 Å². The summed E-state index contributed by atoms with van der Waals surface area (Å²) in [6.45, 7) is 6.96. The second-order valence-electron chi connectivity index (χ2n) is 8.40. The third-order valence-corrected chi connectivity index (χ3v) is 6.47. The van der Waals surface area contributed by atoms with Gasteiger partial charge in [0, 0.05) is 58.1 Å². The number of amides is 1. The topological polar surface area (TPSA) is 123 Å². The highest BCUT2D eigenvalue weighted by molar-refractivity contribution is 5.42. The van der Waals surface area contributed by atoms with E-state index in [1.54, 1.807) is 4.57 Å². The predicted molar refractivity (Wildman–Crippen MR) is 120 cm³/mol. The van der Waals surface area contributed by atoms with Gasteiger partial charge in [0.05, 0.1) is 5.69 Å². The zero-order valence-corrected chi connectivity index (χ0v) is 17.7. The molecule has 0 bridgehead atoms. The molecule has 3 fully saturated rings. The molecule has 1 aromatic heterocycles. The molecule has 2 aliphatic heterocycles. The van der Waals surface area contributed by atoms with Gasteiger partial charge in [-0.2, -0.15) is 4.98 Å². The number of hydrogen-bond acceptors (Lipinski definition) is 7. The lowest BCUT2D eigenvalue weighted by Gasteiger charge is -2.28. The monoisotopic (exact) mass is 425 g/mol. The Labute approximate surface area is 182 Å². The van der Waals surface area contributed by atoms with Gasteiger partial charge in [0.15, 0.2) is 0 Å². The molecule has 9 heteroatoms. The van der Waals surface area contributed by atoms with Gasteiger partial charge in [0.2, 0.25) is 6.41 Å². The maximum atomic E-state index is 12.6. The number of nitrogens with two attached hydrogens (primary N) is 2. The Hall–Kier alpha value is -2.75. The molecule has 2 unspecified atom stereocenters. The smallest absolute Gasteiger partial charge is 0.354 e. The van der Waals surface area contributed by atoms with E-state index in [1.807, 2.05) is 24.4 Å². The molecule has 3 heterocycles. The minimum atomic E-state index is -0.221. The summed E-state index contributed by atoms with van der Waals surface area (Å²) < 4.78 is 1.64. The molecule has 31 heavy (non-hydrogen) atoms. The number of likely N-dealkylation sites (tertiary alicyclic amines) is 1. The van der Waals surface area contributed by atoms with Gasteiger partial charge in [0.25, 0.3) is 0 Å². The van der Waals surface area contributed by atoms with Crippen LogP contribution in [0.4, 0.5) is 5.82 Å². The van der Waals surface area contributed by atoms with E-state index in [0.29, 0.717) is 6.04 Å². The van der Waals surface area contributed by atoms with Gasteiger partial charge in [-0.15, -0.1) is 0 Å². The lowest BCUT2D eigenvalue weighted by atomic mass is 10.1. The quantitative estimate of drug-likeness (QED) is 0.535. The second-order valence-corrected chi connectivity index (χ2v) is 8.40. The minimum absolute atomic E-state index is 0.221. The number of aromatic nitrogens is 2. The fourth-order valence-electron chi connectivity index (χ4n) is 4.65. The van der Waals surface area contributed by atoms with Crippen LogP contribution < -0.4 is 27.4 Å². The average Bonchev–Trinajstić information content (AvgIpc) is 3.19. The summed E-state index contributed by atoms with van der Waals surface area (Å²) in [4.78, 5) is 30.2. The first kappa shape index (κ1) is 21.5. The van der Waals surface area contributed by atoms with Crippen molar-refractivity contribution in [3.63, 3.8) is 0 Å². The van der Waals surface area contributed by atoms with E-state index >= 15 is 0 Å². The molecule has 5 rings (SSSR count). The fourth-order valence-corrected chi connectivity index (χ4v) is 4.65. The van der Waals surface area contributed by atoms with Crippen LogP contribution in [-0.2, 0) is 11.2 Å². The number of nitrogens with one attached hydrogen (secondary N) is 1. The van der Waals surface area contributed by atoms with E-state index in [4.69, 9.17) is 10.5 Å². The minimum Gasteiger partial charge on any atom is -0.372 e. The summed E-state index contributed by atoms with van der Waals surface area (Å²) in [5.41, 5.74) is 12.1. The van der Waals surface area contributed by atoms with Crippen molar-refractivity contribution < 1.29 is 4.79 Å². The molecular weight excluding hydrogens is 394 g/mol. The first-order chi connectivity index (χ1) is 15.1. The largest absolute Gasteiger partial charge is 0.372 e. The Bertz CT molecular complexity index is 945. The number of carbonyl (C=O) groups excluding carboxylic acids is 1. The van der Waals surface area contributed by atoms with E-state index < -0.39 is 0 Å². The molecular formula is C22H31N7O2. The maximum Gasteiger partial charge on any atom is 0.354 e. The summed E-state index contributed by atoms with van der Waals surface area (Å²) in [5.74, 6) is 2.22. The molecule has 1 amide bonds. The molecule has 166 valence electrons. The zero-order valence-electron chi connectivity index (χ0n) is 17.7. The van der Waals surface area contributed by atoms with Gasteiger partial charge in [-0.25, -0.2) is 4.79 Å². The van der Waals surface area contributed by atoms with Gasteiger partial charge in [-0.3, -0.25) is 9.36 Å². The molecule has 5 N–H and O–H groups in total.